The third-order valence-electron chi connectivity index (χ3n) is 3.19. The summed E-state index contributed by atoms with van der Waals surface area (Å²) in [6.07, 6.45) is 1.77. The maximum atomic E-state index is 12.2. The van der Waals surface area contributed by atoms with Crippen LogP contribution in [0.5, 0.6) is 0 Å². The Morgan fingerprint density at radius 3 is 2.95 bits per heavy atom. The summed E-state index contributed by atoms with van der Waals surface area (Å²) >= 11 is 0. The molecule has 0 aromatic carbocycles. The lowest BCUT2D eigenvalue weighted by Gasteiger charge is -2.32. The lowest BCUT2D eigenvalue weighted by molar-refractivity contribution is -0.120. The van der Waals surface area contributed by atoms with Gasteiger partial charge in [-0.15, -0.1) is 0 Å². The van der Waals surface area contributed by atoms with Gasteiger partial charge in [-0.2, -0.15) is 0 Å². The predicted molar refractivity (Wildman–Crippen MR) is 69.3 cm³/mol. The fourth-order valence-corrected chi connectivity index (χ4v) is 2.33. The van der Waals surface area contributed by atoms with Crippen LogP contribution >= 0.6 is 0 Å². The van der Waals surface area contributed by atoms with Crippen LogP contribution in [0.3, 0.4) is 0 Å². The van der Waals surface area contributed by atoms with E-state index in [1.54, 1.807) is 17.0 Å². The summed E-state index contributed by atoms with van der Waals surface area (Å²) in [6, 6.07) is 3.38. The van der Waals surface area contributed by atoms with Gasteiger partial charge in [-0.25, -0.2) is 0 Å². The van der Waals surface area contributed by atoms with Crippen LogP contribution in [-0.4, -0.2) is 35.8 Å². The van der Waals surface area contributed by atoms with Gasteiger partial charge in [-0.1, -0.05) is 0 Å². The van der Waals surface area contributed by atoms with Gasteiger partial charge in [0.05, 0.1) is 6.54 Å². The van der Waals surface area contributed by atoms with Gasteiger partial charge in [0.2, 0.25) is 5.91 Å². The van der Waals surface area contributed by atoms with Crippen LogP contribution in [0.25, 0.3) is 0 Å². The average Bonchev–Trinajstić information content (AvgIpc) is 2.86. The summed E-state index contributed by atoms with van der Waals surface area (Å²) in [6.45, 7) is 2.98. The number of amides is 2. The molecule has 1 aromatic rings. The number of nitrogens with one attached hydrogen (secondary N) is 1. The summed E-state index contributed by atoms with van der Waals surface area (Å²) in [4.78, 5) is 25.0. The molecule has 1 aromatic heterocycles. The maximum absolute atomic E-state index is 12.2. The van der Waals surface area contributed by atoms with E-state index < -0.39 is 0 Å². The van der Waals surface area contributed by atoms with Gasteiger partial charge in [0.25, 0.3) is 5.91 Å². The number of rotatable bonds is 3. The van der Waals surface area contributed by atoms with Crippen LogP contribution in [0, 0.1) is 0 Å². The lowest BCUT2D eigenvalue weighted by Crippen LogP contribution is -2.49. The zero-order valence-electron chi connectivity index (χ0n) is 11.0. The first-order valence-corrected chi connectivity index (χ1v) is 6.45. The summed E-state index contributed by atoms with van der Waals surface area (Å²) < 4.78 is 5.36. The van der Waals surface area contributed by atoms with E-state index in [1.165, 1.54) is 6.92 Å². The van der Waals surface area contributed by atoms with E-state index in [0.29, 0.717) is 24.6 Å². The van der Waals surface area contributed by atoms with E-state index in [0.717, 1.165) is 12.8 Å². The molecular formula is C13H19N3O3. The van der Waals surface area contributed by atoms with Gasteiger partial charge in [-0.05, 0) is 25.0 Å². The third-order valence-corrected chi connectivity index (χ3v) is 3.19. The molecule has 3 N–H and O–H groups in total. The third kappa shape index (κ3) is 3.35. The fourth-order valence-electron chi connectivity index (χ4n) is 2.33. The Hall–Kier alpha value is -1.82. The fraction of sp³-hybridized carbons (Fsp3) is 0.538. The molecule has 0 saturated carbocycles. The van der Waals surface area contributed by atoms with E-state index in [2.05, 4.69) is 5.32 Å². The minimum absolute atomic E-state index is 0.0270. The van der Waals surface area contributed by atoms with Crippen LogP contribution < -0.4 is 11.1 Å². The molecule has 19 heavy (non-hydrogen) atoms. The zero-order valence-corrected chi connectivity index (χ0v) is 11.0. The summed E-state index contributed by atoms with van der Waals surface area (Å²) in [5, 5.41) is 2.85. The smallest absolute Gasteiger partial charge is 0.289 e. The van der Waals surface area contributed by atoms with Gasteiger partial charge < -0.3 is 20.4 Å². The Bertz CT molecular complexity index is 469. The Kier molecular flexibility index (Phi) is 4.21. The van der Waals surface area contributed by atoms with Gasteiger partial charge in [-0.3, -0.25) is 9.59 Å². The minimum atomic E-state index is -0.144. The molecule has 1 unspecified atom stereocenters. The Balaban J connectivity index is 2.00. The number of nitrogens with two attached hydrogens (primary N) is 1. The predicted octanol–water partition coefficient (Wildman–Crippen LogP) is 0.479. The molecule has 6 heteroatoms. The van der Waals surface area contributed by atoms with E-state index >= 15 is 0 Å². The molecule has 0 bridgehead atoms. The SMILES string of the molecule is CC(=O)NC1CCCN(C(=O)c2ccc(CN)o2)C1. The topological polar surface area (TPSA) is 88.6 Å². The van der Waals surface area contributed by atoms with Gasteiger partial charge in [0.1, 0.15) is 5.76 Å². The first-order valence-electron chi connectivity index (χ1n) is 6.45. The molecule has 6 nitrogen and oxygen atoms in total. The lowest BCUT2D eigenvalue weighted by atomic mass is 10.1. The Labute approximate surface area is 111 Å². The minimum Gasteiger partial charge on any atom is -0.455 e. The van der Waals surface area contributed by atoms with Crippen LogP contribution in [0.15, 0.2) is 16.5 Å². The molecule has 2 heterocycles. The van der Waals surface area contributed by atoms with Crippen molar-refractivity contribution in [3.05, 3.63) is 23.7 Å². The van der Waals surface area contributed by atoms with E-state index in [4.69, 9.17) is 10.2 Å². The first-order chi connectivity index (χ1) is 9.10. The van der Waals surface area contributed by atoms with Crippen LogP contribution in [0.2, 0.25) is 0 Å². The highest BCUT2D eigenvalue weighted by Crippen LogP contribution is 2.15. The molecule has 0 radical (unpaired) electrons. The summed E-state index contributed by atoms with van der Waals surface area (Å²) in [5.41, 5.74) is 5.45. The van der Waals surface area contributed by atoms with Crippen molar-refractivity contribution in [3.63, 3.8) is 0 Å². The van der Waals surface area contributed by atoms with Crippen molar-refractivity contribution in [1.82, 2.24) is 10.2 Å². The van der Waals surface area contributed by atoms with E-state index in [9.17, 15) is 9.59 Å². The van der Waals surface area contributed by atoms with Crippen LogP contribution in [0.1, 0.15) is 36.1 Å². The molecule has 0 aliphatic carbocycles. The molecule has 104 valence electrons. The van der Waals surface area contributed by atoms with Gasteiger partial charge in [0.15, 0.2) is 5.76 Å². The molecule has 1 saturated heterocycles. The largest absolute Gasteiger partial charge is 0.455 e. The number of carbonyl (C=O) groups excluding carboxylic acids is 2. The molecule has 2 rings (SSSR count). The number of furan rings is 1. The second-order valence-electron chi connectivity index (χ2n) is 4.76. The number of hydrogen-bond donors (Lipinski definition) is 2. The second kappa shape index (κ2) is 5.88. The monoisotopic (exact) mass is 265 g/mol. The van der Waals surface area contributed by atoms with E-state index in [-0.39, 0.29) is 24.4 Å². The number of carbonyl (C=O) groups is 2. The normalized spacial score (nSPS) is 19.3. The van der Waals surface area contributed by atoms with Gasteiger partial charge in [0, 0.05) is 26.1 Å². The molecule has 1 aliphatic rings. The van der Waals surface area contributed by atoms with Crippen molar-refractivity contribution in [2.24, 2.45) is 5.73 Å². The molecule has 1 atom stereocenters. The van der Waals surface area contributed by atoms with Crippen molar-refractivity contribution in [2.75, 3.05) is 13.1 Å². The quantitative estimate of drug-likeness (QED) is 0.832. The van der Waals surface area contributed by atoms with E-state index in [1.807, 2.05) is 0 Å². The van der Waals surface area contributed by atoms with Crippen molar-refractivity contribution in [2.45, 2.75) is 32.4 Å². The first kappa shape index (κ1) is 13.6. The standard InChI is InChI=1S/C13H19N3O3/c1-9(17)15-10-3-2-6-16(8-10)13(18)12-5-4-11(7-14)19-12/h4-5,10H,2-3,6-8,14H2,1H3,(H,15,17). The maximum Gasteiger partial charge on any atom is 0.289 e. The summed E-state index contributed by atoms with van der Waals surface area (Å²) in [5.74, 6) is 0.695. The highest BCUT2D eigenvalue weighted by atomic mass is 16.4. The number of likely N-dealkylation sites (tertiary alicyclic amines) is 1. The number of piperidine rings is 1. The average molecular weight is 265 g/mol. The van der Waals surface area contributed by atoms with Crippen molar-refractivity contribution >= 4 is 11.8 Å². The molecule has 1 fully saturated rings. The van der Waals surface area contributed by atoms with Gasteiger partial charge >= 0.3 is 0 Å². The summed E-state index contributed by atoms with van der Waals surface area (Å²) in [7, 11) is 0. The molecule has 0 spiro atoms. The van der Waals surface area contributed by atoms with Crippen LogP contribution in [-0.2, 0) is 11.3 Å². The Morgan fingerprint density at radius 2 is 2.32 bits per heavy atom. The Morgan fingerprint density at radius 1 is 1.53 bits per heavy atom. The highest BCUT2D eigenvalue weighted by molar-refractivity contribution is 5.91. The number of nitrogens with zero attached hydrogens (tertiary/aromatic N) is 1. The van der Waals surface area contributed by atoms with Crippen molar-refractivity contribution in [1.29, 1.82) is 0 Å². The number of hydrogen-bond acceptors (Lipinski definition) is 4. The second-order valence-corrected chi connectivity index (χ2v) is 4.76. The van der Waals surface area contributed by atoms with Crippen molar-refractivity contribution in [3.8, 4) is 0 Å². The van der Waals surface area contributed by atoms with Crippen LogP contribution in [0.4, 0.5) is 0 Å². The van der Waals surface area contributed by atoms with Crippen molar-refractivity contribution < 1.29 is 14.0 Å². The molecular weight excluding hydrogens is 246 g/mol. The molecule has 2 amide bonds. The highest BCUT2D eigenvalue weighted by Gasteiger charge is 2.26. The zero-order chi connectivity index (χ0) is 13.8. The molecule has 1 aliphatic heterocycles.